The van der Waals surface area contributed by atoms with Crippen molar-refractivity contribution in [2.24, 2.45) is 11.7 Å². The van der Waals surface area contributed by atoms with Crippen LogP contribution < -0.4 is 5.73 Å². The summed E-state index contributed by atoms with van der Waals surface area (Å²) in [5.74, 6) is 0.853. The first-order chi connectivity index (χ1) is 8.52. The van der Waals surface area contributed by atoms with Gasteiger partial charge in [0.25, 0.3) is 0 Å². The van der Waals surface area contributed by atoms with Crippen molar-refractivity contribution in [2.45, 2.75) is 49.2 Å². The molecule has 1 fully saturated rings. The summed E-state index contributed by atoms with van der Waals surface area (Å²) >= 11 is 1.44. The number of allylic oxidation sites excluding steroid dienone is 1. The Morgan fingerprint density at radius 2 is 1.94 bits per heavy atom. The Kier molecular flexibility index (Phi) is 4.69. The molecule has 2 aliphatic heterocycles. The Balaban J connectivity index is 2.22. The zero-order valence-electron chi connectivity index (χ0n) is 10.3. The number of ether oxygens (including phenoxy) is 1. The number of fused-ring (bicyclic) bond motifs is 2. The normalized spacial score (nSPS) is 49.9. The quantitative estimate of drug-likeness (QED) is 0.443. The van der Waals surface area contributed by atoms with E-state index in [-0.39, 0.29) is 5.92 Å². The molecule has 0 unspecified atom stereocenters. The van der Waals surface area contributed by atoms with Crippen LogP contribution in [-0.2, 0) is 4.74 Å². The van der Waals surface area contributed by atoms with Gasteiger partial charge in [0.15, 0.2) is 0 Å². The van der Waals surface area contributed by atoms with Crippen LogP contribution in [-0.4, -0.2) is 57.0 Å². The molecule has 2 aliphatic rings. The third-order valence-electron chi connectivity index (χ3n) is 3.60. The number of aliphatic hydroxyl groups excluding tert-OH is 3. The van der Waals surface area contributed by atoms with E-state index in [4.69, 9.17) is 10.5 Å². The minimum Gasteiger partial charge on any atom is -0.388 e. The molecule has 5 nitrogen and oxygen atoms in total. The first kappa shape index (κ1) is 14.3. The van der Waals surface area contributed by atoms with E-state index in [1.807, 2.05) is 13.0 Å². The molecular formula is C12H21NO4S. The first-order valence-corrected chi connectivity index (χ1v) is 7.30. The fourth-order valence-electron chi connectivity index (χ4n) is 2.32. The van der Waals surface area contributed by atoms with Crippen LogP contribution in [0, 0.1) is 5.92 Å². The molecule has 0 radical (unpaired) electrons. The van der Waals surface area contributed by atoms with E-state index < -0.39 is 35.9 Å². The third kappa shape index (κ3) is 2.74. The van der Waals surface area contributed by atoms with Crippen LogP contribution in [0.4, 0.5) is 0 Å². The summed E-state index contributed by atoms with van der Waals surface area (Å²) in [5.41, 5.74) is 5.55. The highest BCUT2D eigenvalue weighted by Crippen LogP contribution is 2.32. The van der Waals surface area contributed by atoms with E-state index in [9.17, 15) is 15.3 Å². The van der Waals surface area contributed by atoms with Gasteiger partial charge in [-0.25, -0.2) is 0 Å². The SMILES string of the molecule is C[C@H]1C=CCCS[C@H]2O[C@H]([C@@H]1N)[C@H](O)[C@H](O)[C@H]2O. The number of hydrogen-bond donors (Lipinski definition) is 4. The van der Waals surface area contributed by atoms with Gasteiger partial charge in [-0.3, -0.25) is 0 Å². The molecule has 104 valence electrons. The molecule has 2 rings (SSSR count). The Hall–Kier alpha value is -0.110. The van der Waals surface area contributed by atoms with E-state index in [0.717, 1.165) is 12.2 Å². The second kappa shape index (κ2) is 5.90. The molecule has 5 N–H and O–H groups in total. The summed E-state index contributed by atoms with van der Waals surface area (Å²) in [6.45, 7) is 1.96. The topological polar surface area (TPSA) is 95.9 Å². The van der Waals surface area contributed by atoms with Gasteiger partial charge in [-0.1, -0.05) is 19.1 Å². The van der Waals surface area contributed by atoms with Gasteiger partial charge in [-0.2, -0.15) is 0 Å². The minimum atomic E-state index is -1.21. The van der Waals surface area contributed by atoms with Crippen molar-refractivity contribution < 1.29 is 20.1 Å². The van der Waals surface area contributed by atoms with E-state index in [1.54, 1.807) is 0 Å². The molecule has 2 bridgehead atoms. The standard InChI is InChI=1S/C12H21NO4S/c1-6-4-2-3-5-18-12-10(16)8(14)9(15)11(17-12)7(6)13/h2,4,6-12,14-16H,3,5,13H2,1H3/t6-,7+,8-,9+,10+,11+,12+/m0/s1. The summed E-state index contributed by atoms with van der Waals surface area (Å²) < 4.78 is 5.68. The van der Waals surface area contributed by atoms with Gasteiger partial charge in [0.1, 0.15) is 29.9 Å². The Labute approximate surface area is 111 Å². The highest BCUT2D eigenvalue weighted by atomic mass is 32.2. The molecule has 0 aromatic rings. The first-order valence-electron chi connectivity index (χ1n) is 6.26. The fraction of sp³-hybridized carbons (Fsp3) is 0.833. The van der Waals surface area contributed by atoms with Crippen LogP contribution in [0.25, 0.3) is 0 Å². The molecule has 0 aromatic carbocycles. The van der Waals surface area contributed by atoms with Gasteiger partial charge < -0.3 is 25.8 Å². The zero-order chi connectivity index (χ0) is 13.3. The highest BCUT2D eigenvalue weighted by Gasteiger charge is 2.46. The van der Waals surface area contributed by atoms with Gasteiger partial charge in [-0.05, 0) is 18.1 Å². The third-order valence-corrected chi connectivity index (χ3v) is 4.79. The molecule has 6 heteroatoms. The van der Waals surface area contributed by atoms with E-state index in [1.165, 1.54) is 11.8 Å². The fourth-order valence-corrected chi connectivity index (χ4v) is 3.39. The Morgan fingerprint density at radius 3 is 2.67 bits per heavy atom. The van der Waals surface area contributed by atoms with Crippen LogP contribution in [0.2, 0.25) is 0 Å². The van der Waals surface area contributed by atoms with E-state index >= 15 is 0 Å². The monoisotopic (exact) mass is 275 g/mol. The lowest BCUT2D eigenvalue weighted by Crippen LogP contribution is -2.62. The summed E-state index contributed by atoms with van der Waals surface area (Å²) in [4.78, 5) is 0. The van der Waals surface area contributed by atoms with Crippen LogP contribution >= 0.6 is 11.8 Å². The predicted octanol–water partition coefficient (Wildman–Crippen LogP) is -0.550. The van der Waals surface area contributed by atoms with Gasteiger partial charge >= 0.3 is 0 Å². The van der Waals surface area contributed by atoms with Crippen molar-refractivity contribution in [1.82, 2.24) is 0 Å². The van der Waals surface area contributed by atoms with Crippen molar-refractivity contribution in [3.8, 4) is 0 Å². The van der Waals surface area contributed by atoms with Gasteiger partial charge in [0.2, 0.25) is 0 Å². The molecule has 7 atom stereocenters. The lowest BCUT2D eigenvalue weighted by molar-refractivity contribution is -0.204. The van der Waals surface area contributed by atoms with Crippen molar-refractivity contribution in [3.05, 3.63) is 12.2 Å². The van der Waals surface area contributed by atoms with Crippen molar-refractivity contribution in [3.63, 3.8) is 0 Å². The number of hydrogen-bond acceptors (Lipinski definition) is 6. The molecule has 0 saturated carbocycles. The molecule has 18 heavy (non-hydrogen) atoms. The second-order valence-electron chi connectivity index (χ2n) is 4.96. The summed E-state index contributed by atoms with van der Waals surface area (Å²) in [6.07, 6.45) is 0.862. The zero-order valence-corrected chi connectivity index (χ0v) is 11.2. The summed E-state index contributed by atoms with van der Waals surface area (Å²) in [7, 11) is 0. The Bertz CT molecular complexity index is 314. The lowest BCUT2D eigenvalue weighted by atomic mass is 9.88. The maximum atomic E-state index is 9.98. The highest BCUT2D eigenvalue weighted by molar-refractivity contribution is 7.99. The maximum Gasteiger partial charge on any atom is 0.132 e. The van der Waals surface area contributed by atoms with Crippen LogP contribution in [0.1, 0.15) is 13.3 Å². The largest absolute Gasteiger partial charge is 0.388 e. The summed E-state index contributed by atoms with van der Waals surface area (Å²) in [5, 5.41) is 29.7. The number of aliphatic hydroxyl groups is 3. The van der Waals surface area contributed by atoms with Gasteiger partial charge in [0, 0.05) is 6.04 Å². The smallest absolute Gasteiger partial charge is 0.132 e. The average molecular weight is 275 g/mol. The molecular weight excluding hydrogens is 254 g/mol. The summed E-state index contributed by atoms with van der Waals surface area (Å²) in [6, 6.07) is -0.403. The molecule has 2 heterocycles. The lowest BCUT2D eigenvalue weighted by Gasteiger charge is -2.43. The average Bonchev–Trinajstić information content (AvgIpc) is 2.36. The molecule has 0 aromatic heterocycles. The molecule has 0 spiro atoms. The van der Waals surface area contributed by atoms with E-state index in [2.05, 4.69) is 6.08 Å². The number of nitrogens with two attached hydrogens (primary N) is 1. The van der Waals surface area contributed by atoms with Crippen molar-refractivity contribution >= 4 is 11.8 Å². The Morgan fingerprint density at radius 1 is 1.22 bits per heavy atom. The number of thioether (sulfide) groups is 1. The van der Waals surface area contributed by atoms with Crippen molar-refractivity contribution in [2.75, 3.05) is 5.75 Å². The number of rotatable bonds is 0. The van der Waals surface area contributed by atoms with Gasteiger partial charge in [0.05, 0.1) is 0 Å². The second-order valence-corrected chi connectivity index (χ2v) is 6.17. The molecule has 0 amide bonds. The maximum absolute atomic E-state index is 9.98. The molecule has 1 saturated heterocycles. The molecule has 0 aliphatic carbocycles. The minimum absolute atomic E-state index is 0.0517. The van der Waals surface area contributed by atoms with Crippen molar-refractivity contribution in [1.29, 1.82) is 0 Å². The van der Waals surface area contributed by atoms with Crippen LogP contribution in [0.15, 0.2) is 12.2 Å². The predicted molar refractivity (Wildman–Crippen MR) is 70.0 cm³/mol. The van der Waals surface area contributed by atoms with Crippen LogP contribution in [0.5, 0.6) is 0 Å². The van der Waals surface area contributed by atoms with E-state index in [0.29, 0.717) is 0 Å². The van der Waals surface area contributed by atoms with Gasteiger partial charge in [-0.15, -0.1) is 11.8 Å². The van der Waals surface area contributed by atoms with Crippen LogP contribution in [0.3, 0.4) is 0 Å².